The first-order valence-electron chi connectivity index (χ1n) is 8.60. The summed E-state index contributed by atoms with van der Waals surface area (Å²) in [5.74, 6) is 1.13. The van der Waals surface area contributed by atoms with Crippen LogP contribution < -0.4 is 5.32 Å². The summed E-state index contributed by atoms with van der Waals surface area (Å²) < 4.78 is 0. The molecule has 0 aliphatic rings. The SMILES string of the molecule is CC(C)C[C@@H](NC(=O)/C=C/c1ccccc1)c1nc2ccccc2[nH]1. The molecule has 0 aliphatic carbocycles. The van der Waals surface area contributed by atoms with Crippen LogP contribution in [-0.2, 0) is 4.79 Å². The summed E-state index contributed by atoms with van der Waals surface area (Å²) in [7, 11) is 0. The lowest BCUT2D eigenvalue weighted by atomic mass is 10.0. The maximum Gasteiger partial charge on any atom is 0.244 e. The van der Waals surface area contributed by atoms with E-state index in [0.29, 0.717) is 5.92 Å². The fraction of sp³-hybridized carbons (Fsp3) is 0.238. The zero-order valence-electron chi connectivity index (χ0n) is 14.6. The number of benzene rings is 2. The molecule has 1 atom stereocenters. The van der Waals surface area contributed by atoms with E-state index in [0.717, 1.165) is 28.8 Å². The number of imidazole rings is 1. The van der Waals surface area contributed by atoms with Crippen molar-refractivity contribution in [2.75, 3.05) is 0 Å². The number of carbonyl (C=O) groups is 1. The molecular formula is C21H23N3O. The summed E-state index contributed by atoms with van der Waals surface area (Å²) in [4.78, 5) is 20.3. The highest BCUT2D eigenvalue weighted by molar-refractivity contribution is 5.92. The average molecular weight is 333 g/mol. The molecule has 2 N–H and O–H groups in total. The van der Waals surface area contributed by atoms with Crippen molar-refractivity contribution in [3.05, 3.63) is 72.1 Å². The molecule has 0 saturated carbocycles. The standard InChI is InChI=1S/C21H23N3O/c1-15(2)14-19(21-23-17-10-6-7-11-18(17)24-21)22-20(25)13-12-16-8-4-3-5-9-16/h3-13,15,19H,14H2,1-2H3,(H,22,25)(H,23,24)/b13-12+/t19-/m1/s1. The van der Waals surface area contributed by atoms with Gasteiger partial charge in [-0.15, -0.1) is 0 Å². The van der Waals surface area contributed by atoms with Crippen molar-refractivity contribution >= 4 is 23.0 Å². The van der Waals surface area contributed by atoms with Crippen LogP contribution >= 0.6 is 0 Å². The number of nitrogens with zero attached hydrogens (tertiary/aromatic N) is 1. The molecule has 128 valence electrons. The van der Waals surface area contributed by atoms with Crippen LogP contribution in [-0.4, -0.2) is 15.9 Å². The minimum absolute atomic E-state index is 0.116. The van der Waals surface area contributed by atoms with E-state index < -0.39 is 0 Å². The van der Waals surface area contributed by atoms with Crippen LogP contribution in [0.2, 0.25) is 0 Å². The summed E-state index contributed by atoms with van der Waals surface area (Å²) in [6.07, 6.45) is 4.22. The lowest BCUT2D eigenvalue weighted by Crippen LogP contribution is -2.28. The van der Waals surface area contributed by atoms with Crippen LogP contribution in [0.15, 0.2) is 60.7 Å². The van der Waals surface area contributed by atoms with Crippen molar-refractivity contribution in [2.45, 2.75) is 26.3 Å². The third-order valence-electron chi connectivity index (χ3n) is 3.99. The molecule has 0 fully saturated rings. The Morgan fingerprint density at radius 2 is 1.84 bits per heavy atom. The molecule has 2 aromatic carbocycles. The van der Waals surface area contributed by atoms with Crippen molar-refractivity contribution < 1.29 is 4.79 Å². The van der Waals surface area contributed by atoms with Gasteiger partial charge in [0.25, 0.3) is 0 Å². The van der Waals surface area contributed by atoms with E-state index in [9.17, 15) is 4.79 Å². The minimum atomic E-state index is -0.139. The van der Waals surface area contributed by atoms with E-state index in [4.69, 9.17) is 0 Å². The fourth-order valence-corrected chi connectivity index (χ4v) is 2.80. The quantitative estimate of drug-likeness (QED) is 0.653. The van der Waals surface area contributed by atoms with Crippen LogP contribution in [0.3, 0.4) is 0 Å². The van der Waals surface area contributed by atoms with Gasteiger partial charge in [-0.3, -0.25) is 4.79 Å². The number of aromatic amines is 1. The predicted octanol–water partition coefficient (Wildman–Crippen LogP) is 4.48. The molecule has 0 radical (unpaired) electrons. The summed E-state index contributed by atoms with van der Waals surface area (Å²) >= 11 is 0. The molecule has 25 heavy (non-hydrogen) atoms. The van der Waals surface area contributed by atoms with Gasteiger partial charge in [-0.1, -0.05) is 56.3 Å². The molecular weight excluding hydrogens is 310 g/mol. The summed E-state index contributed by atoms with van der Waals surface area (Å²) in [5, 5.41) is 3.08. The second-order valence-electron chi connectivity index (χ2n) is 6.57. The Bertz CT molecular complexity index is 832. The van der Waals surface area contributed by atoms with Crippen molar-refractivity contribution in [2.24, 2.45) is 5.92 Å². The minimum Gasteiger partial charge on any atom is -0.343 e. The van der Waals surface area contributed by atoms with Gasteiger partial charge < -0.3 is 10.3 Å². The zero-order valence-corrected chi connectivity index (χ0v) is 14.6. The van der Waals surface area contributed by atoms with E-state index in [-0.39, 0.29) is 11.9 Å². The monoisotopic (exact) mass is 333 g/mol. The third kappa shape index (κ3) is 4.57. The highest BCUT2D eigenvalue weighted by atomic mass is 16.1. The summed E-state index contributed by atoms with van der Waals surface area (Å²) in [6, 6.07) is 17.6. The van der Waals surface area contributed by atoms with E-state index >= 15 is 0 Å². The Morgan fingerprint density at radius 3 is 2.56 bits per heavy atom. The first kappa shape index (κ1) is 17.0. The molecule has 0 bridgehead atoms. The number of para-hydroxylation sites is 2. The summed E-state index contributed by atoms with van der Waals surface area (Å²) in [6.45, 7) is 4.28. The van der Waals surface area contributed by atoms with Crippen LogP contribution in [0.4, 0.5) is 0 Å². The topological polar surface area (TPSA) is 57.8 Å². The maximum atomic E-state index is 12.4. The van der Waals surface area contributed by atoms with Crippen molar-refractivity contribution in [1.29, 1.82) is 0 Å². The van der Waals surface area contributed by atoms with Gasteiger partial charge in [0.05, 0.1) is 17.1 Å². The highest BCUT2D eigenvalue weighted by Gasteiger charge is 2.18. The van der Waals surface area contributed by atoms with Gasteiger partial charge in [0, 0.05) is 6.08 Å². The lowest BCUT2D eigenvalue weighted by Gasteiger charge is -2.17. The number of H-pyrrole nitrogens is 1. The van der Waals surface area contributed by atoms with Crippen molar-refractivity contribution in [3.8, 4) is 0 Å². The Labute approximate surface area is 148 Å². The highest BCUT2D eigenvalue weighted by Crippen LogP contribution is 2.22. The second-order valence-corrected chi connectivity index (χ2v) is 6.57. The molecule has 0 spiro atoms. The maximum absolute atomic E-state index is 12.4. The van der Waals surface area contributed by atoms with E-state index in [1.54, 1.807) is 6.08 Å². The van der Waals surface area contributed by atoms with Crippen molar-refractivity contribution in [3.63, 3.8) is 0 Å². The van der Waals surface area contributed by atoms with Crippen LogP contribution in [0, 0.1) is 5.92 Å². The zero-order chi connectivity index (χ0) is 17.6. The molecule has 1 amide bonds. The predicted molar refractivity (Wildman–Crippen MR) is 102 cm³/mol. The fourth-order valence-electron chi connectivity index (χ4n) is 2.80. The number of hydrogen-bond acceptors (Lipinski definition) is 2. The Hall–Kier alpha value is -2.88. The van der Waals surface area contributed by atoms with Crippen LogP contribution in [0.1, 0.15) is 37.7 Å². The number of rotatable bonds is 6. The average Bonchev–Trinajstić information content (AvgIpc) is 3.04. The second kappa shape index (κ2) is 7.79. The lowest BCUT2D eigenvalue weighted by molar-refractivity contribution is -0.117. The van der Waals surface area contributed by atoms with Gasteiger partial charge in [-0.25, -0.2) is 4.98 Å². The number of nitrogens with one attached hydrogen (secondary N) is 2. The van der Waals surface area contributed by atoms with Gasteiger partial charge in [-0.2, -0.15) is 0 Å². The molecule has 1 heterocycles. The number of fused-ring (bicyclic) bond motifs is 1. The van der Waals surface area contributed by atoms with Gasteiger partial charge in [0.1, 0.15) is 5.82 Å². The number of carbonyl (C=O) groups excluding carboxylic acids is 1. The first-order chi connectivity index (χ1) is 12.1. The number of aromatic nitrogens is 2. The first-order valence-corrected chi connectivity index (χ1v) is 8.60. The molecule has 3 rings (SSSR count). The molecule has 3 aromatic rings. The smallest absolute Gasteiger partial charge is 0.244 e. The third-order valence-corrected chi connectivity index (χ3v) is 3.99. The summed E-state index contributed by atoms with van der Waals surface area (Å²) in [5.41, 5.74) is 2.91. The Morgan fingerprint density at radius 1 is 1.12 bits per heavy atom. The molecule has 0 aliphatic heterocycles. The van der Waals surface area contributed by atoms with Crippen LogP contribution in [0.25, 0.3) is 17.1 Å². The molecule has 4 heteroatoms. The van der Waals surface area contributed by atoms with E-state index in [1.807, 2.05) is 60.7 Å². The molecule has 0 unspecified atom stereocenters. The normalized spacial score (nSPS) is 12.8. The largest absolute Gasteiger partial charge is 0.343 e. The Balaban J connectivity index is 1.76. The Kier molecular flexibility index (Phi) is 5.29. The van der Waals surface area contributed by atoms with Gasteiger partial charge >= 0.3 is 0 Å². The number of amides is 1. The van der Waals surface area contributed by atoms with Gasteiger partial charge in [-0.05, 0) is 36.1 Å². The van der Waals surface area contributed by atoms with Gasteiger partial charge in [0.15, 0.2) is 0 Å². The molecule has 1 aromatic heterocycles. The van der Waals surface area contributed by atoms with Gasteiger partial charge in [0.2, 0.25) is 5.91 Å². The van der Waals surface area contributed by atoms with E-state index in [2.05, 4.69) is 29.1 Å². The van der Waals surface area contributed by atoms with Crippen molar-refractivity contribution in [1.82, 2.24) is 15.3 Å². The van der Waals surface area contributed by atoms with Crippen LogP contribution in [0.5, 0.6) is 0 Å². The molecule has 4 nitrogen and oxygen atoms in total. The molecule has 0 saturated heterocycles. The van der Waals surface area contributed by atoms with E-state index in [1.165, 1.54) is 0 Å². The number of hydrogen-bond donors (Lipinski definition) is 2.